The zero-order valence-corrected chi connectivity index (χ0v) is 18.5. The van der Waals surface area contributed by atoms with Crippen LogP contribution in [0.3, 0.4) is 0 Å². The Bertz CT molecular complexity index is 1270. The minimum Gasteiger partial charge on any atom is -0.508 e. The lowest BCUT2D eigenvalue weighted by atomic mass is 9.64. The van der Waals surface area contributed by atoms with Gasteiger partial charge in [0.05, 0.1) is 5.41 Å². The van der Waals surface area contributed by atoms with Crippen molar-refractivity contribution in [3.8, 4) is 22.6 Å². The molecule has 0 aromatic heterocycles. The van der Waals surface area contributed by atoms with Gasteiger partial charge in [0.25, 0.3) is 0 Å². The normalized spacial score (nSPS) is 13.2. The summed E-state index contributed by atoms with van der Waals surface area (Å²) in [5, 5.41) is 21.9. The maximum Gasteiger partial charge on any atom is 0.119 e. The molecule has 0 unspecified atom stereocenters. The van der Waals surface area contributed by atoms with Crippen LogP contribution in [0.5, 0.6) is 11.5 Å². The predicted molar refractivity (Wildman–Crippen MR) is 135 cm³/mol. The molecule has 0 bridgehead atoms. The first-order chi connectivity index (χ1) is 16.1. The molecular weight excluding hydrogens is 404 g/mol. The molecule has 162 valence electrons. The second-order valence-corrected chi connectivity index (χ2v) is 8.43. The van der Waals surface area contributed by atoms with Crippen LogP contribution in [0.25, 0.3) is 11.1 Å². The van der Waals surface area contributed by atoms with Crippen molar-refractivity contribution < 1.29 is 10.2 Å². The van der Waals surface area contributed by atoms with Gasteiger partial charge in [0, 0.05) is 11.1 Å². The fourth-order valence-corrected chi connectivity index (χ4v) is 5.53. The first-order valence-electron chi connectivity index (χ1n) is 11.2. The third kappa shape index (κ3) is 2.95. The fraction of sp³-hybridized carbons (Fsp3) is 0.0968. The van der Waals surface area contributed by atoms with Crippen molar-refractivity contribution in [1.29, 1.82) is 0 Å². The average molecular weight is 431 g/mol. The molecule has 0 saturated heterocycles. The summed E-state index contributed by atoms with van der Waals surface area (Å²) in [5.41, 5.74) is 7.56. The molecule has 0 radical (unpaired) electrons. The number of hydrogen-bond acceptors (Lipinski definition) is 2. The van der Waals surface area contributed by atoms with Crippen LogP contribution in [-0.4, -0.2) is 10.2 Å². The first-order valence-corrected chi connectivity index (χ1v) is 11.2. The highest BCUT2D eigenvalue weighted by molar-refractivity contribution is 5.87. The van der Waals surface area contributed by atoms with E-state index in [1.54, 1.807) is 12.1 Å². The zero-order chi connectivity index (χ0) is 23.0. The van der Waals surface area contributed by atoms with E-state index in [0.29, 0.717) is 12.8 Å². The summed E-state index contributed by atoms with van der Waals surface area (Å²) < 4.78 is 0. The average Bonchev–Trinajstić information content (AvgIpc) is 3.13. The molecule has 0 saturated carbocycles. The summed E-state index contributed by atoms with van der Waals surface area (Å²) in [5.74, 6) is 0.498. The summed E-state index contributed by atoms with van der Waals surface area (Å²) in [7, 11) is 0. The molecule has 0 amide bonds. The molecule has 0 fully saturated rings. The van der Waals surface area contributed by atoms with Gasteiger partial charge in [0.1, 0.15) is 11.5 Å². The summed E-state index contributed by atoms with van der Waals surface area (Å²) in [6.45, 7) is 7.89. The van der Waals surface area contributed by atoms with E-state index in [4.69, 9.17) is 0 Å². The van der Waals surface area contributed by atoms with Gasteiger partial charge in [0.15, 0.2) is 0 Å². The second-order valence-electron chi connectivity index (χ2n) is 8.43. The minimum absolute atomic E-state index is 0.249. The largest absolute Gasteiger partial charge is 0.508 e. The molecule has 0 aliphatic heterocycles. The van der Waals surface area contributed by atoms with Crippen LogP contribution in [0.1, 0.15) is 33.4 Å². The Morgan fingerprint density at radius 2 is 0.939 bits per heavy atom. The molecule has 2 N–H and O–H groups in total. The van der Waals surface area contributed by atoms with E-state index in [1.165, 1.54) is 0 Å². The lowest BCUT2D eigenvalue weighted by Crippen LogP contribution is -2.31. The van der Waals surface area contributed by atoms with Gasteiger partial charge < -0.3 is 10.2 Å². The van der Waals surface area contributed by atoms with Gasteiger partial charge in [-0.2, -0.15) is 0 Å². The van der Waals surface area contributed by atoms with Crippen LogP contribution >= 0.6 is 0 Å². The Balaban J connectivity index is 2.03. The monoisotopic (exact) mass is 430 g/mol. The quantitative estimate of drug-likeness (QED) is 0.287. The lowest BCUT2D eigenvalue weighted by molar-refractivity contribution is 0.465. The van der Waals surface area contributed by atoms with Gasteiger partial charge in [-0.05, 0) is 58.4 Å². The predicted octanol–water partition coefficient (Wildman–Crippen LogP) is 6.92. The smallest absolute Gasteiger partial charge is 0.119 e. The van der Waals surface area contributed by atoms with Gasteiger partial charge in [-0.1, -0.05) is 84.9 Å². The molecule has 2 heteroatoms. The topological polar surface area (TPSA) is 40.5 Å². The van der Waals surface area contributed by atoms with Gasteiger partial charge in [0.2, 0.25) is 0 Å². The molecule has 33 heavy (non-hydrogen) atoms. The molecule has 4 aromatic carbocycles. The van der Waals surface area contributed by atoms with Crippen LogP contribution in [0.4, 0.5) is 0 Å². The van der Waals surface area contributed by atoms with E-state index in [9.17, 15) is 10.2 Å². The Labute approximate surface area is 194 Å². The molecule has 0 atom stereocenters. The number of phenols is 2. The Morgan fingerprint density at radius 1 is 0.545 bits per heavy atom. The number of benzene rings is 4. The number of aromatic hydroxyl groups is 2. The highest BCUT2D eigenvalue weighted by Gasteiger charge is 2.48. The van der Waals surface area contributed by atoms with Crippen molar-refractivity contribution in [3.63, 3.8) is 0 Å². The van der Waals surface area contributed by atoms with Crippen molar-refractivity contribution in [2.75, 3.05) is 0 Å². The van der Waals surface area contributed by atoms with Gasteiger partial charge in [-0.15, -0.1) is 13.2 Å². The Hall–Kier alpha value is -4.04. The highest BCUT2D eigenvalue weighted by atomic mass is 16.3. The highest BCUT2D eigenvalue weighted by Crippen LogP contribution is 2.58. The molecule has 0 spiro atoms. The van der Waals surface area contributed by atoms with E-state index in [-0.39, 0.29) is 11.5 Å². The maximum atomic E-state index is 11.0. The number of hydrogen-bond donors (Lipinski definition) is 2. The van der Waals surface area contributed by atoms with Crippen molar-refractivity contribution in [2.45, 2.75) is 18.3 Å². The molecular formula is C31H26O2. The first kappa shape index (κ1) is 20.8. The molecule has 1 aliphatic carbocycles. The number of rotatable bonds is 6. The van der Waals surface area contributed by atoms with E-state index in [0.717, 1.165) is 44.5 Å². The SMILES string of the molecule is C=CCc1c(O)cccc1C1(c2cccc(O)c2CC=C)c2ccccc2-c2ccccc21. The molecule has 2 nitrogen and oxygen atoms in total. The van der Waals surface area contributed by atoms with Crippen LogP contribution in [0.2, 0.25) is 0 Å². The summed E-state index contributed by atoms with van der Waals surface area (Å²) in [4.78, 5) is 0. The second kappa shape index (κ2) is 8.14. The number of allylic oxidation sites excluding steroid dienone is 2. The third-order valence-electron chi connectivity index (χ3n) is 6.76. The van der Waals surface area contributed by atoms with E-state index in [2.05, 4.69) is 73.8 Å². The van der Waals surface area contributed by atoms with Crippen LogP contribution in [-0.2, 0) is 18.3 Å². The molecule has 5 rings (SSSR count). The summed E-state index contributed by atoms with van der Waals surface area (Å²) in [6, 6.07) is 28.3. The van der Waals surface area contributed by atoms with Crippen molar-refractivity contribution in [3.05, 3.63) is 144 Å². The summed E-state index contributed by atoms with van der Waals surface area (Å²) >= 11 is 0. The van der Waals surface area contributed by atoms with Gasteiger partial charge >= 0.3 is 0 Å². The van der Waals surface area contributed by atoms with Crippen LogP contribution in [0, 0.1) is 0 Å². The molecule has 4 aromatic rings. The number of phenolic OH excluding ortho intramolecular Hbond substituents is 2. The Morgan fingerprint density at radius 3 is 1.36 bits per heavy atom. The fourth-order valence-electron chi connectivity index (χ4n) is 5.53. The van der Waals surface area contributed by atoms with Crippen molar-refractivity contribution in [2.24, 2.45) is 0 Å². The Kier molecular flexibility index (Phi) is 5.14. The van der Waals surface area contributed by atoms with E-state index < -0.39 is 5.41 Å². The molecule has 0 heterocycles. The van der Waals surface area contributed by atoms with Gasteiger partial charge in [-0.25, -0.2) is 0 Å². The van der Waals surface area contributed by atoms with Gasteiger partial charge in [-0.3, -0.25) is 0 Å². The lowest BCUT2D eigenvalue weighted by Gasteiger charge is -2.37. The zero-order valence-electron chi connectivity index (χ0n) is 18.5. The van der Waals surface area contributed by atoms with Crippen LogP contribution < -0.4 is 0 Å². The van der Waals surface area contributed by atoms with E-state index in [1.807, 2.05) is 24.3 Å². The molecule has 1 aliphatic rings. The van der Waals surface area contributed by atoms with E-state index >= 15 is 0 Å². The maximum absolute atomic E-state index is 11.0. The van der Waals surface area contributed by atoms with Crippen molar-refractivity contribution >= 4 is 0 Å². The van der Waals surface area contributed by atoms with Crippen molar-refractivity contribution in [1.82, 2.24) is 0 Å². The summed E-state index contributed by atoms with van der Waals surface area (Å²) in [6.07, 6.45) is 4.71. The minimum atomic E-state index is -0.707. The standard InChI is InChI=1S/C31H26O2/c1-3-11-23-27(17-9-19-29(23)32)31(28-18-10-20-30(33)24(28)12-4-2)25-15-7-5-13-21(25)22-14-6-8-16-26(22)31/h3-10,13-20,32-33H,1-2,11-12H2. The third-order valence-corrected chi connectivity index (χ3v) is 6.76. The number of fused-ring (bicyclic) bond motifs is 3. The van der Waals surface area contributed by atoms with Crippen LogP contribution in [0.15, 0.2) is 110 Å².